The van der Waals surface area contributed by atoms with E-state index in [2.05, 4.69) is 5.10 Å². The van der Waals surface area contributed by atoms with Gasteiger partial charge in [-0.25, -0.2) is 16.8 Å². The van der Waals surface area contributed by atoms with Crippen molar-refractivity contribution in [3.05, 3.63) is 86.8 Å². The van der Waals surface area contributed by atoms with Gasteiger partial charge in [0.05, 0.1) is 34.4 Å². The van der Waals surface area contributed by atoms with E-state index in [0.717, 1.165) is 0 Å². The lowest BCUT2D eigenvalue weighted by atomic mass is 10.2. The number of piperazine rings is 1. The summed E-state index contributed by atoms with van der Waals surface area (Å²) in [7, 11) is -7.21. The van der Waals surface area contributed by atoms with Crippen LogP contribution in [0.1, 0.15) is 25.8 Å². The number of hydrogen-bond donors (Lipinski definition) is 0. The van der Waals surface area contributed by atoms with Crippen molar-refractivity contribution < 1.29 is 26.5 Å². The van der Waals surface area contributed by atoms with E-state index in [1.165, 1.54) is 43.8 Å². The predicted molar refractivity (Wildman–Crippen MR) is 164 cm³/mol. The number of anilines is 1. The van der Waals surface area contributed by atoms with Crippen molar-refractivity contribution in [1.29, 1.82) is 0 Å². The fourth-order valence-electron chi connectivity index (χ4n) is 5.23. The molecule has 2 saturated heterocycles. The normalized spacial score (nSPS) is 18.5. The molecule has 0 spiro atoms. The number of rotatable bonds is 10. The van der Waals surface area contributed by atoms with E-state index < -0.39 is 41.9 Å². The summed E-state index contributed by atoms with van der Waals surface area (Å²) in [5.41, 5.74) is 0.748. The van der Waals surface area contributed by atoms with Crippen molar-refractivity contribution >= 4 is 31.4 Å². The van der Waals surface area contributed by atoms with Gasteiger partial charge in [0.1, 0.15) is 11.8 Å². The maximum Gasteiger partial charge on any atom is 0.316 e. The number of nitrogens with zero attached hydrogens (tertiary/aromatic N) is 6. The van der Waals surface area contributed by atoms with Gasteiger partial charge in [0, 0.05) is 44.9 Å². The minimum atomic E-state index is -3.72. The summed E-state index contributed by atoms with van der Waals surface area (Å²) >= 11 is 0. The number of sulfonamides is 2. The van der Waals surface area contributed by atoms with Crippen LogP contribution >= 0.6 is 0 Å². The Morgan fingerprint density at radius 1 is 0.955 bits per heavy atom. The maximum absolute atomic E-state index is 13.8. The Labute approximate surface area is 255 Å². The zero-order valence-corrected chi connectivity index (χ0v) is 26.0. The molecule has 16 heteroatoms. The van der Waals surface area contributed by atoms with Crippen LogP contribution < -0.4 is 15.2 Å². The molecule has 2 aliphatic rings. The van der Waals surface area contributed by atoms with E-state index in [1.54, 1.807) is 38.1 Å². The van der Waals surface area contributed by atoms with Crippen molar-refractivity contribution in [2.24, 2.45) is 0 Å². The lowest BCUT2D eigenvalue weighted by molar-refractivity contribution is -0.384. The van der Waals surface area contributed by atoms with E-state index in [4.69, 9.17) is 4.74 Å². The van der Waals surface area contributed by atoms with Gasteiger partial charge in [-0.1, -0.05) is 30.3 Å². The second-order valence-electron chi connectivity index (χ2n) is 11.0. The van der Waals surface area contributed by atoms with Crippen molar-refractivity contribution in [2.75, 3.05) is 44.2 Å². The molecule has 0 N–H and O–H groups in total. The molecule has 1 atom stereocenters. The van der Waals surface area contributed by atoms with E-state index in [9.17, 15) is 31.7 Å². The zero-order chi connectivity index (χ0) is 31.6. The van der Waals surface area contributed by atoms with Gasteiger partial charge in [0.15, 0.2) is 0 Å². The quantitative estimate of drug-likeness (QED) is 0.235. The summed E-state index contributed by atoms with van der Waals surface area (Å²) in [4.78, 5) is 26.0. The summed E-state index contributed by atoms with van der Waals surface area (Å²) < 4.78 is 62.0. The Morgan fingerprint density at radius 3 is 2.23 bits per heavy atom. The maximum atomic E-state index is 13.8. The van der Waals surface area contributed by atoms with E-state index in [-0.39, 0.29) is 56.5 Å². The lowest BCUT2D eigenvalue weighted by Gasteiger charge is -2.36. The van der Waals surface area contributed by atoms with Crippen LogP contribution in [0.15, 0.2) is 65.6 Å². The summed E-state index contributed by atoms with van der Waals surface area (Å²) in [5.74, 6) is -0.272. The molecular weight excluding hydrogens is 612 g/mol. The molecule has 14 nitrogen and oxygen atoms in total. The summed E-state index contributed by atoms with van der Waals surface area (Å²) in [5, 5.41) is 14.7. The average Bonchev–Trinajstić information content (AvgIpc) is 3.48. The Kier molecular flexibility index (Phi) is 9.06. The molecule has 2 fully saturated rings. The molecule has 2 aliphatic heterocycles. The van der Waals surface area contributed by atoms with Gasteiger partial charge in [0.25, 0.3) is 5.69 Å². The van der Waals surface area contributed by atoms with Crippen molar-refractivity contribution in [3.8, 4) is 11.4 Å². The van der Waals surface area contributed by atoms with E-state index in [0.29, 0.717) is 23.4 Å². The SMILES string of the molecule is CC(C)S(=O)(=O)N1CCC(Oc2c(N3CCN(S(=O)(=O)Cc4ccc([N+](=O)[O-])cc4)CC3)cnn(-c3ccccc3)c2=O)C1. The molecule has 3 aromatic rings. The van der Waals surface area contributed by atoms with Gasteiger partial charge < -0.3 is 9.64 Å². The van der Waals surface area contributed by atoms with Crippen molar-refractivity contribution in [3.63, 3.8) is 0 Å². The summed E-state index contributed by atoms with van der Waals surface area (Å²) in [6.45, 7) is 4.42. The van der Waals surface area contributed by atoms with Gasteiger partial charge in [-0.15, -0.1) is 0 Å². The van der Waals surface area contributed by atoms with Crippen LogP contribution in [0.5, 0.6) is 5.75 Å². The second-order valence-corrected chi connectivity index (χ2v) is 15.4. The first kappa shape index (κ1) is 31.6. The van der Waals surface area contributed by atoms with Crippen LogP contribution in [0.3, 0.4) is 0 Å². The number of hydrogen-bond acceptors (Lipinski definition) is 10. The Balaban J connectivity index is 1.36. The highest BCUT2D eigenvalue weighted by Crippen LogP contribution is 2.30. The molecule has 0 saturated carbocycles. The standard InChI is InChI=1S/C28H34N6O8S2/c1-21(2)44(40,41)32-13-12-25(19-32)42-27-26(18-29-33(28(27)35)23-6-4-3-5-7-23)30-14-16-31(17-15-30)43(38,39)20-22-8-10-24(11-9-22)34(36)37/h3-11,18,21,25H,12-17,19-20H2,1-2H3. The van der Waals surface area contributed by atoms with Gasteiger partial charge in [-0.3, -0.25) is 14.9 Å². The fraction of sp³-hybridized carbons (Fsp3) is 0.429. The second kappa shape index (κ2) is 12.6. The molecule has 5 rings (SSSR count). The third kappa shape index (κ3) is 6.62. The van der Waals surface area contributed by atoms with Crippen LogP contribution in [-0.2, 0) is 25.8 Å². The molecule has 0 bridgehead atoms. The van der Waals surface area contributed by atoms with Crippen molar-refractivity contribution in [1.82, 2.24) is 18.4 Å². The summed E-state index contributed by atoms with van der Waals surface area (Å²) in [6.07, 6.45) is 1.38. The molecule has 0 amide bonds. The molecule has 0 radical (unpaired) electrons. The number of para-hydroxylation sites is 1. The molecule has 44 heavy (non-hydrogen) atoms. The monoisotopic (exact) mass is 646 g/mol. The number of nitro benzene ring substituents is 1. The predicted octanol–water partition coefficient (Wildman–Crippen LogP) is 1.98. The third-order valence-electron chi connectivity index (χ3n) is 7.73. The summed E-state index contributed by atoms with van der Waals surface area (Å²) in [6, 6.07) is 14.3. The van der Waals surface area contributed by atoms with Crippen LogP contribution in [-0.4, -0.2) is 90.8 Å². The highest BCUT2D eigenvalue weighted by Gasteiger charge is 2.36. The first-order valence-electron chi connectivity index (χ1n) is 14.2. The minimum absolute atomic E-state index is 0.0276. The molecule has 1 aromatic heterocycles. The van der Waals surface area contributed by atoms with Gasteiger partial charge in [-0.05, 0) is 38.0 Å². The van der Waals surface area contributed by atoms with Crippen LogP contribution in [0, 0.1) is 10.1 Å². The molecule has 1 unspecified atom stereocenters. The lowest BCUT2D eigenvalue weighted by Crippen LogP contribution is -2.49. The average molecular weight is 647 g/mol. The number of ether oxygens (including phenoxy) is 1. The van der Waals surface area contributed by atoms with Crippen molar-refractivity contribution in [2.45, 2.75) is 37.4 Å². The molecule has 2 aromatic carbocycles. The highest BCUT2D eigenvalue weighted by molar-refractivity contribution is 7.89. The Hall–Kier alpha value is -3.86. The molecule has 236 valence electrons. The first-order valence-corrected chi connectivity index (χ1v) is 17.3. The van der Waals surface area contributed by atoms with Crippen LogP contribution in [0.4, 0.5) is 11.4 Å². The highest BCUT2D eigenvalue weighted by atomic mass is 32.2. The number of non-ortho nitro benzene ring substituents is 1. The number of aromatic nitrogens is 2. The Morgan fingerprint density at radius 2 is 1.61 bits per heavy atom. The molecular formula is C28H34N6O8S2. The van der Waals surface area contributed by atoms with Gasteiger partial charge in [-0.2, -0.15) is 18.4 Å². The Bertz CT molecular complexity index is 1770. The molecule has 3 heterocycles. The molecule has 0 aliphatic carbocycles. The first-order chi connectivity index (χ1) is 20.9. The van der Waals surface area contributed by atoms with Gasteiger partial charge in [0.2, 0.25) is 25.8 Å². The zero-order valence-electron chi connectivity index (χ0n) is 24.4. The minimum Gasteiger partial charge on any atom is -0.481 e. The largest absolute Gasteiger partial charge is 0.481 e. The van der Waals surface area contributed by atoms with Gasteiger partial charge >= 0.3 is 5.56 Å². The van der Waals surface area contributed by atoms with E-state index >= 15 is 0 Å². The smallest absolute Gasteiger partial charge is 0.316 e. The third-order valence-corrected chi connectivity index (χ3v) is 11.8. The van der Waals surface area contributed by atoms with E-state index in [1.807, 2.05) is 11.0 Å². The van der Waals surface area contributed by atoms with Crippen LogP contribution in [0.25, 0.3) is 5.69 Å². The number of nitro groups is 1. The van der Waals surface area contributed by atoms with Crippen LogP contribution in [0.2, 0.25) is 0 Å². The number of benzene rings is 2. The topological polar surface area (TPSA) is 165 Å². The fourth-order valence-corrected chi connectivity index (χ4v) is 8.08.